The number of sulfonamides is 1. The molecular weight excluding hydrogens is 375 g/mol. The lowest BCUT2D eigenvalue weighted by Crippen LogP contribution is -2.37. The van der Waals surface area contributed by atoms with Crippen molar-refractivity contribution in [1.82, 2.24) is 0 Å². The predicted octanol–water partition coefficient (Wildman–Crippen LogP) is 2.33. The van der Waals surface area contributed by atoms with Crippen LogP contribution in [0.1, 0.15) is 15.9 Å². The summed E-state index contributed by atoms with van der Waals surface area (Å²) in [5.41, 5.74) is 1.29. The molecule has 0 aliphatic heterocycles. The largest absolute Gasteiger partial charge is 0.465 e. The molecule has 0 bridgehead atoms. The fourth-order valence-corrected chi connectivity index (χ4v) is 3.20. The molecule has 0 aromatic heterocycles. The van der Waals surface area contributed by atoms with Gasteiger partial charge in [-0.3, -0.25) is 9.10 Å². The summed E-state index contributed by atoms with van der Waals surface area (Å²) >= 11 is 0. The molecule has 0 spiro atoms. The number of nitrogens with zero attached hydrogens (tertiary/aromatic N) is 1. The third-order valence-electron chi connectivity index (χ3n) is 3.72. The van der Waals surface area contributed by atoms with Crippen molar-refractivity contribution in [3.05, 3.63) is 59.4 Å². The van der Waals surface area contributed by atoms with E-state index in [9.17, 15) is 22.4 Å². The van der Waals surface area contributed by atoms with Crippen LogP contribution in [0.5, 0.6) is 0 Å². The number of hydrogen-bond donors (Lipinski definition) is 1. The summed E-state index contributed by atoms with van der Waals surface area (Å²) in [6, 6.07) is 9.55. The van der Waals surface area contributed by atoms with Gasteiger partial charge in [-0.15, -0.1) is 0 Å². The van der Waals surface area contributed by atoms with Crippen molar-refractivity contribution in [3.63, 3.8) is 0 Å². The average molecular weight is 394 g/mol. The van der Waals surface area contributed by atoms with E-state index in [1.165, 1.54) is 31.4 Å². The molecule has 0 fully saturated rings. The van der Waals surface area contributed by atoms with Crippen LogP contribution in [0, 0.1) is 12.7 Å². The minimum absolute atomic E-state index is 0.0349. The minimum Gasteiger partial charge on any atom is -0.465 e. The zero-order chi connectivity index (χ0) is 20.2. The quantitative estimate of drug-likeness (QED) is 0.759. The maximum atomic E-state index is 13.4. The molecule has 0 heterocycles. The molecule has 0 aliphatic rings. The van der Waals surface area contributed by atoms with E-state index in [4.69, 9.17) is 0 Å². The fourth-order valence-electron chi connectivity index (χ4n) is 2.35. The Labute approximate surface area is 156 Å². The Morgan fingerprint density at radius 3 is 2.48 bits per heavy atom. The van der Waals surface area contributed by atoms with Crippen LogP contribution in [0.4, 0.5) is 15.8 Å². The zero-order valence-electron chi connectivity index (χ0n) is 15.0. The molecule has 0 atom stereocenters. The van der Waals surface area contributed by atoms with Crippen molar-refractivity contribution in [2.24, 2.45) is 0 Å². The molecule has 2 rings (SSSR count). The second-order valence-corrected chi connectivity index (χ2v) is 7.73. The first kappa shape index (κ1) is 20.4. The standard InChI is InChI=1S/C18H19FN2O5S/c1-12-7-8-13(18(23)26-2)9-16(12)20-17(22)11-21(27(3,24)25)15-6-4-5-14(19)10-15/h4-10H,11H2,1-3H3,(H,20,22). The summed E-state index contributed by atoms with van der Waals surface area (Å²) in [6.07, 6.45) is 0.925. The normalized spacial score (nSPS) is 11.0. The number of rotatable bonds is 6. The second kappa shape index (κ2) is 8.17. The number of ether oxygens (including phenoxy) is 1. The van der Waals surface area contributed by atoms with Gasteiger partial charge in [-0.25, -0.2) is 17.6 Å². The molecular formula is C18H19FN2O5S. The monoisotopic (exact) mass is 394 g/mol. The van der Waals surface area contributed by atoms with E-state index in [0.29, 0.717) is 11.3 Å². The molecule has 1 N–H and O–H groups in total. The summed E-state index contributed by atoms with van der Waals surface area (Å²) in [6.45, 7) is 1.17. The van der Waals surface area contributed by atoms with Crippen LogP contribution < -0.4 is 9.62 Å². The van der Waals surface area contributed by atoms with Gasteiger partial charge in [0, 0.05) is 5.69 Å². The summed E-state index contributed by atoms with van der Waals surface area (Å²) < 4.78 is 43.0. The number of methoxy groups -OCH3 is 1. The van der Waals surface area contributed by atoms with Crippen LogP contribution in [0.25, 0.3) is 0 Å². The molecule has 0 radical (unpaired) electrons. The number of carbonyl (C=O) groups is 2. The van der Waals surface area contributed by atoms with E-state index < -0.39 is 34.3 Å². The van der Waals surface area contributed by atoms with Crippen LogP contribution in [0.15, 0.2) is 42.5 Å². The molecule has 0 aliphatic carbocycles. The average Bonchev–Trinajstić information content (AvgIpc) is 2.60. The Hall–Kier alpha value is -2.94. The van der Waals surface area contributed by atoms with E-state index in [2.05, 4.69) is 10.1 Å². The smallest absolute Gasteiger partial charge is 0.337 e. The molecule has 0 unspecified atom stereocenters. The number of amides is 1. The molecule has 2 aromatic rings. The number of anilines is 2. The van der Waals surface area contributed by atoms with Crippen molar-refractivity contribution in [2.45, 2.75) is 6.92 Å². The molecule has 2 aromatic carbocycles. The molecule has 0 saturated heterocycles. The first-order chi connectivity index (χ1) is 12.6. The highest BCUT2D eigenvalue weighted by Crippen LogP contribution is 2.20. The lowest BCUT2D eigenvalue weighted by molar-refractivity contribution is -0.114. The van der Waals surface area contributed by atoms with E-state index >= 15 is 0 Å². The number of aryl methyl sites for hydroxylation is 1. The van der Waals surface area contributed by atoms with Gasteiger partial charge >= 0.3 is 5.97 Å². The van der Waals surface area contributed by atoms with Crippen LogP contribution in [-0.4, -0.2) is 40.2 Å². The van der Waals surface area contributed by atoms with Gasteiger partial charge in [0.15, 0.2) is 0 Å². The Bertz CT molecular complexity index is 975. The second-order valence-electron chi connectivity index (χ2n) is 5.82. The van der Waals surface area contributed by atoms with E-state index in [1.54, 1.807) is 19.1 Å². The number of carbonyl (C=O) groups excluding carboxylic acids is 2. The van der Waals surface area contributed by atoms with E-state index in [-0.39, 0.29) is 11.3 Å². The molecule has 27 heavy (non-hydrogen) atoms. The van der Waals surface area contributed by atoms with Gasteiger partial charge in [0.1, 0.15) is 12.4 Å². The fraction of sp³-hybridized carbons (Fsp3) is 0.222. The van der Waals surface area contributed by atoms with Gasteiger partial charge in [0.05, 0.1) is 24.6 Å². The van der Waals surface area contributed by atoms with Crippen molar-refractivity contribution < 1.29 is 27.1 Å². The third-order valence-corrected chi connectivity index (χ3v) is 4.86. The highest BCUT2D eigenvalue weighted by molar-refractivity contribution is 7.92. The number of esters is 1. The van der Waals surface area contributed by atoms with Crippen LogP contribution in [-0.2, 0) is 19.6 Å². The first-order valence-electron chi connectivity index (χ1n) is 7.84. The molecule has 9 heteroatoms. The summed E-state index contributed by atoms with van der Waals surface area (Å²) in [4.78, 5) is 24.0. The number of nitrogens with one attached hydrogen (secondary N) is 1. The summed E-state index contributed by atoms with van der Waals surface area (Å²) in [7, 11) is -2.59. The van der Waals surface area contributed by atoms with Crippen molar-refractivity contribution in [3.8, 4) is 0 Å². The van der Waals surface area contributed by atoms with Crippen LogP contribution in [0.3, 0.4) is 0 Å². The van der Waals surface area contributed by atoms with Crippen LogP contribution in [0.2, 0.25) is 0 Å². The number of benzene rings is 2. The first-order valence-corrected chi connectivity index (χ1v) is 9.68. The molecule has 1 amide bonds. The highest BCUT2D eigenvalue weighted by atomic mass is 32.2. The summed E-state index contributed by atoms with van der Waals surface area (Å²) in [5, 5.41) is 2.57. The zero-order valence-corrected chi connectivity index (χ0v) is 15.8. The maximum Gasteiger partial charge on any atom is 0.337 e. The molecule has 144 valence electrons. The van der Waals surface area contributed by atoms with Gasteiger partial charge in [0.2, 0.25) is 15.9 Å². The lowest BCUT2D eigenvalue weighted by atomic mass is 10.1. The van der Waals surface area contributed by atoms with Gasteiger partial charge < -0.3 is 10.1 Å². The molecule has 0 saturated carbocycles. The number of hydrogen-bond acceptors (Lipinski definition) is 5. The van der Waals surface area contributed by atoms with Gasteiger partial charge in [-0.2, -0.15) is 0 Å². The van der Waals surface area contributed by atoms with Gasteiger partial charge in [-0.1, -0.05) is 12.1 Å². The maximum absolute atomic E-state index is 13.4. The predicted molar refractivity (Wildman–Crippen MR) is 99.7 cm³/mol. The van der Waals surface area contributed by atoms with Crippen molar-refractivity contribution >= 4 is 33.3 Å². The minimum atomic E-state index is -3.83. The third kappa shape index (κ3) is 5.27. The summed E-state index contributed by atoms with van der Waals surface area (Å²) in [5.74, 6) is -1.83. The molecule has 7 nitrogen and oxygen atoms in total. The Morgan fingerprint density at radius 2 is 1.89 bits per heavy atom. The Kier molecular flexibility index (Phi) is 6.17. The van der Waals surface area contributed by atoms with Crippen LogP contribution >= 0.6 is 0 Å². The van der Waals surface area contributed by atoms with Gasteiger partial charge in [-0.05, 0) is 42.8 Å². The van der Waals surface area contributed by atoms with E-state index in [0.717, 1.165) is 16.6 Å². The Balaban J connectivity index is 2.26. The highest BCUT2D eigenvalue weighted by Gasteiger charge is 2.22. The van der Waals surface area contributed by atoms with Crippen molar-refractivity contribution in [2.75, 3.05) is 29.5 Å². The van der Waals surface area contributed by atoms with E-state index in [1.807, 2.05) is 0 Å². The SMILES string of the molecule is COC(=O)c1ccc(C)c(NC(=O)CN(c2cccc(F)c2)S(C)(=O)=O)c1. The Morgan fingerprint density at radius 1 is 1.19 bits per heavy atom. The van der Waals surface area contributed by atoms with Gasteiger partial charge in [0.25, 0.3) is 0 Å². The number of halogens is 1. The lowest BCUT2D eigenvalue weighted by Gasteiger charge is -2.22. The van der Waals surface area contributed by atoms with Crippen molar-refractivity contribution in [1.29, 1.82) is 0 Å². The topological polar surface area (TPSA) is 92.8 Å².